The molecule has 0 N–H and O–H groups in total. The van der Waals surface area contributed by atoms with Gasteiger partial charge in [0, 0.05) is 29.9 Å². The molecule has 1 fully saturated rings. The lowest BCUT2D eigenvalue weighted by Crippen LogP contribution is -2.42. The average molecular weight is 372 g/mol. The second-order valence-electron chi connectivity index (χ2n) is 7.27. The lowest BCUT2D eigenvalue weighted by atomic mass is 10.0. The van der Waals surface area contributed by atoms with E-state index in [0.29, 0.717) is 18.0 Å². The Morgan fingerprint density at radius 2 is 2.23 bits per heavy atom. The molecule has 1 amide bonds. The molecule has 6 nitrogen and oxygen atoms in total. The fraction of sp³-hybridized carbons (Fsp3) is 0.526. The summed E-state index contributed by atoms with van der Waals surface area (Å²) in [7, 11) is 0. The quantitative estimate of drug-likeness (QED) is 0.710. The number of amides is 1. The maximum absolute atomic E-state index is 13.1. The molecule has 0 radical (unpaired) electrons. The van der Waals surface area contributed by atoms with Crippen molar-refractivity contribution in [2.45, 2.75) is 46.7 Å². The van der Waals surface area contributed by atoms with Crippen molar-refractivity contribution in [2.75, 3.05) is 13.1 Å². The number of hydrogen-bond acceptors (Lipinski definition) is 4. The van der Waals surface area contributed by atoms with Gasteiger partial charge in [0.15, 0.2) is 0 Å². The highest BCUT2D eigenvalue weighted by molar-refractivity contribution is 7.20. The van der Waals surface area contributed by atoms with Gasteiger partial charge in [-0.2, -0.15) is 5.10 Å². The zero-order valence-corrected chi connectivity index (χ0v) is 16.3. The minimum absolute atomic E-state index is 0.0160. The van der Waals surface area contributed by atoms with E-state index in [1.54, 1.807) is 17.5 Å². The number of thiophene rings is 1. The molecule has 1 aliphatic rings. The van der Waals surface area contributed by atoms with Crippen LogP contribution in [-0.2, 0) is 17.9 Å². The highest BCUT2D eigenvalue weighted by Gasteiger charge is 2.23. The SMILES string of the molecule is CCn1c2cc(C)sc2c2cnn(CC(=O)N3CCCC(C)C3)c(=O)c21. The summed E-state index contributed by atoms with van der Waals surface area (Å²) in [4.78, 5) is 28.8. The number of aromatic nitrogens is 3. The van der Waals surface area contributed by atoms with Crippen molar-refractivity contribution in [2.24, 2.45) is 5.92 Å². The van der Waals surface area contributed by atoms with Crippen LogP contribution < -0.4 is 5.56 Å². The van der Waals surface area contributed by atoms with Crippen LogP contribution in [0.4, 0.5) is 0 Å². The first-order valence-electron chi connectivity index (χ1n) is 9.25. The molecule has 4 heterocycles. The standard InChI is InChI=1S/C19H24N4O2S/c1-4-22-15-8-13(3)26-18(15)14-9-20-23(19(25)17(14)22)11-16(24)21-7-5-6-12(2)10-21/h8-9,12H,4-7,10-11H2,1-3H3. The number of nitrogens with zero attached hydrogens (tertiary/aromatic N) is 4. The molecule has 1 saturated heterocycles. The second kappa shape index (κ2) is 6.54. The van der Waals surface area contributed by atoms with Crippen LogP contribution in [0.5, 0.6) is 0 Å². The van der Waals surface area contributed by atoms with E-state index < -0.39 is 0 Å². The molecule has 0 bridgehead atoms. The van der Waals surface area contributed by atoms with E-state index in [0.717, 1.165) is 41.5 Å². The smallest absolute Gasteiger partial charge is 0.291 e. The molecular weight excluding hydrogens is 348 g/mol. The predicted octanol–water partition coefficient (Wildman–Crippen LogP) is 3.00. The Balaban J connectivity index is 1.74. The van der Waals surface area contributed by atoms with Crippen molar-refractivity contribution in [1.29, 1.82) is 0 Å². The third-order valence-electron chi connectivity index (χ3n) is 5.27. The number of carbonyl (C=O) groups is 1. The molecule has 3 aromatic heterocycles. The molecule has 1 aliphatic heterocycles. The summed E-state index contributed by atoms with van der Waals surface area (Å²) in [6, 6.07) is 2.12. The van der Waals surface area contributed by atoms with Gasteiger partial charge in [-0.15, -0.1) is 11.3 Å². The Hall–Kier alpha value is -2.15. The molecule has 0 aromatic carbocycles. The third-order valence-corrected chi connectivity index (χ3v) is 6.34. The number of likely N-dealkylation sites (tertiary alicyclic amines) is 1. The van der Waals surface area contributed by atoms with Crippen molar-refractivity contribution in [1.82, 2.24) is 19.2 Å². The van der Waals surface area contributed by atoms with Crippen molar-refractivity contribution in [3.05, 3.63) is 27.5 Å². The molecule has 4 rings (SSSR count). The summed E-state index contributed by atoms with van der Waals surface area (Å²) in [6.45, 7) is 8.56. The molecule has 138 valence electrons. The lowest BCUT2D eigenvalue weighted by molar-refractivity contribution is -0.133. The maximum Gasteiger partial charge on any atom is 0.291 e. The van der Waals surface area contributed by atoms with Crippen LogP contribution in [0.2, 0.25) is 0 Å². The molecule has 0 saturated carbocycles. The van der Waals surface area contributed by atoms with Gasteiger partial charge in [-0.05, 0) is 38.7 Å². The van der Waals surface area contributed by atoms with E-state index in [1.165, 1.54) is 9.56 Å². The first-order valence-corrected chi connectivity index (χ1v) is 10.1. The van der Waals surface area contributed by atoms with E-state index in [-0.39, 0.29) is 18.0 Å². The van der Waals surface area contributed by atoms with E-state index >= 15 is 0 Å². The van der Waals surface area contributed by atoms with Gasteiger partial charge in [0.1, 0.15) is 12.1 Å². The first kappa shape index (κ1) is 17.3. The Bertz CT molecular complexity index is 1050. The Kier molecular flexibility index (Phi) is 4.34. The topological polar surface area (TPSA) is 60.1 Å². The van der Waals surface area contributed by atoms with E-state index in [4.69, 9.17) is 0 Å². The minimum Gasteiger partial charge on any atom is -0.341 e. The molecule has 26 heavy (non-hydrogen) atoms. The number of rotatable bonds is 3. The molecule has 1 unspecified atom stereocenters. The number of fused-ring (bicyclic) bond motifs is 3. The predicted molar refractivity (Wildman–Crippen MR) is 105 cm³/mol. The van der Waals surface area contributed by atoms with Crippen molar-refractivity contribution in [3.8, 4) is 0 Å². The summed E-state index contributed by atoms with van der Waals surface area (Å²) in [5, 5.41) is 5.21. The summed E-state index contributed by atoms with van der Waals surface area (Å²) in [6.07, 6.45) is 3.93. The Morgan fingerprint density at radius 1 is 1.42 bits per heavy atom. The van der Waals surface area contributed by atoms with Crippen LogP contribution in [0, 0.1) is 12.8 Å². The first-order chi connectivity index (χ1) is 12.5. The van der Waals surface area contributed by atoms with Crippen molar-refractivity contribution >= 4 is 38.4 Å². The largest absolute Gasteiger partial charge is 0.341 e. The highest BCUT2D eigenvalue weighted by Crippen LogP contribution is 2.33. The summed E-state index contributed by atoms with van der Waals surface area (Å²) in [5.41, 5.74) is 1.56. The molecule has 1 atom stereocenters. The highest BCUT2D eigenvalue weighted by atomic mass is 32.1. The van der Waals surface area contributed by atoms with Gasteiger partial charge in [-0.25, -0.2) is 4.68 Å². The third kappa shape index (κ3) is 2.74. The summed E-state index contributed by atoms with van der Waals surface area (Å²) >= 11 is 1.69. The number of carbonyl (C=O) groups excluding carboxylic acids is 1. The van der Waals surface area contributed by atoms with Crippen LogP contribution >= 0.6 is 11.3 Å². The molecule has 0 aliphatic carbocycles. The van der Waals surface area contributed by atoms with Gasteiger partial charge in [0.05, 0.1) is 16.4 Å². The fourth-order valence-electron chi connectivity index (χ4n) is 4.01. The lowest BCUT2D eigenvalue weighted by Gasteiger charge is -2.30. The normalized spacial score (nSPS) is 18.1. The van der Waals surface area contributed by atoms with Gasteiger partial charge < -0.3 is 9.47 Å². The van der Waals surface area contributed by atoms with Crippen LogP contribution in [0.1, 0.15) is 31.6 Å². The second-order valence-corrected chi connectivity index (χ2v) is 8.53. The number of aryl methyl sites for hydroxylation is 2. The monoisotopic (exact) mass is 372 g/mol. The van der Waals surface area contributed by atoms with Gasteiger partial charge in [-0.3, -0.25) is 9.59 Å². The molecule has 3 aromatic rings. The van der Waals surface area contributed by atoms with E-state index in [1.807, 2.05) is 16.4 Å². The molecular formula is C19H24N4O2S. The van der Waals surface area contributed by atoms with Gasteiger partial charge >= 0.3 is 0 Å². The summed E-state index contributed by atoms with van der Waals surface area (Å²) < 4.78 is 4.47. The molecule has 0 spiro atoms. The Morgan fingerprint density at radius 3 is 2.96 bits per heavy atom. The van der Waals surface area contributed by atoms with Gasteiger partial charge in [0.25, 0.3) is 5.56 Å². The van der Waals surface area contributed by atoms with E-state index in [2.05, 4.69) is 25.0 Å². The number of piperidine rings is 1. The summed E-state index contributed by atoms with van der Waals surface area (Å²) in [5.74, 6) is 0.505. The zero-order chi connectivity index (χ0) is 18.4. The number of hydrogen-bond donors (Lipinski definition) is 0. The minimum atomic E-state index is -0.177. The maximum atomic E-state index is 13.1. The van der Waals surface area contributed by atoms with Crippen LogP contribution in [-0.4, -0.2) is 38.2 Å². The van der Waals surface area contributed by atoms with Gasteiger partial charge in [0.2, 0.25) is 5.91 Å². The van der Waals surface area contributed by atoms with Crippen LogP contribution in [0.3, 0.4) is 0 Å². The van der Waals surface area contributed by atoms with Crippen LogP contribution in [0.25, 0.3) is 21.1 Å². The van der Waals surface area contributed by atoms with Gasteiger partial charge in [-0.1, -0.05) is 6.92 Å². The van der Waals surface area contributed by atoms with Crippen molar-refractivity contribution < 1.29 is 4.79 Å². The van der Waals surface area contributed by atoms with Crippen molar-refractivity contribution in [3.63, 3.8) is 0 Å². The van der Waals surface area contributed by atoms with E-state index in [9.17, 15) is 9.59 Å². The average Bonchev–Trinajstić information content (AvgIpc) is 3.12. The fourth-order valence-corrected chi connectivity index (χ4v) is 5.03. The van der Waals surface area contributed by atoms with Crippen LogP contribution in [0.15, 0.2) is 17.1 Å². The Labute approximate surface area is 156 Å². The molecule has 7 heteroatoms. The zero-order valence-electron chi connectivity index (χ0n) is 15.5.